The van der Waals surface area contributed by atoms with Crippen molar-refractivity contribution in [3.05, 3.63) is 35.4 Å². The van der Waals surface area contributed by atoms with Crippen molar-refractivity contribution >= 4 is 5.91 Å². The van der Waals surface area contributed by atoms with Gasteiger partial charge in [-0.2, -0.15) is 0 Å². The van der Waals surface area contributed by atoms with Gasteiger partial charge in [0.1, 0.15) is 6.04 Å². The molecule has 2 atom stereocenters. The average molecular weight is 284 g/mol. The highest BCUT2D eigenvalue weighted by atomic mass is 19.3. The van der Waals surface area contributed by atoms with Gasteiger partial charge in [0, 0.05) is 18.7 Å². The number of hydrogen-bond acceptors (Lipinski definition) is 3. The predicted molar refractivity (Wildman–Crippen MR) is 70.3 cm³/mol. The van der Waals surface area contributed by atoms with E-state index in [1.54, 1.807) is 6.07 Å². The van der Waals surface area contributed by atoms with Crippen LogP contribution < -0.4 is 11.1 Å². The lowest BCUT2D eigenvalue weighted by atomic mass is 10.0. The van der Waals surface area contributed by atoms with Crippen molar-refractivity contribution in [2.24, 2.45) is 5.73 Å². The Labute approximate surface area is 116 Å². The molecule has 4 nitrogen and oxygen atoms in total. The topological polar surface area (TPSA) is 64.4 Å². The molecule has 2 unspecified atom stereocenters. The monoisotopic (exact) mass is 284 g/mol. The lowest BCUT2D eigenvalue weighted by Gasteiger charge is -2.19. The van der Waals surface area contributed by atoms with Crippen molar-refractivity contribution in [3.8, 4) is 0 Å². The van der Waals surface area contributed by atoms with Crippen molar-refractivity contribution in [2.75, 3.05) is 13.2 Å². The van der Waals surface area contributed by atoms with Crippen molar-refractivity contribution in [2.45, 2.75) is 31.4 Å². The quantitative estimate of drug-likeness (QED) is 0.839. The van der Waals surface area contributed by atoms with Crippen LogP contribution in [0.4, 0.5) is 8.78 Å². The van der Waals surface area contributed by atoms with Crippen LogP contribution in [0.3, 0.4) is 0 Å². The Kier molecular flexibility index (Phi) is 5.03. The third-order valence-electron chi connectivity index (χ3n) is 3.35. The molecule has 0 radical (unpaired) electrons. The SMILES string of the molecule is NC(=O)C(NCC1CCCO1)c1cccc(C(F)F)c1. The van der Waals surface area contributed by atoms with E-state index in [1.807, 2.05) is 0 Å². The Balaban J connectivity index is 2.07. The lowest BCUT2D eigenvalue weighted by molar-refractivity contribution is -0.120. The summed E-state index contributed by atoms with van der Waals surface area (Å²) in [5, 5.41) is 3.00. The van der Waals surface area contributed by atoms with E-state index >= 15 is 0 Å². The van der Waals surface area contributed by atoms with Crippen molar-refractivity contribution in [1.82, 2.24) is 5.32 Å². The van der Waals surface area contributed by atoms with Gasteiger partial charge in [-0.05, 0) is 24.5 Å². The lowest BCUT2D eigenvalue weighted by Crippen LogP contribution is -2.37. The Morgan fingerprint density at radius 2 is 2.20 bits per heavy atom. The van der Waals surface area contributed by atoms with E-state index in [-0.39, 0.29) is 11.7 Å². The van der Waals surface area contributed by atoms with Gasteiger partial charge in [0.2, 0.25) is 5.91 Å². The summed E-state index contributed by atoms with van der Waals surface area (Å²) < 4.78 is 30.8. The zero-order valence-corrected chi connectivity index (χ0v) is 11.0. The normalized spacial score (nSPS) is 20.2. The van der Waals surface area contributed by atoms with Crippen molar-refractivity contribution in [1.29, 1.82) is 0 Å². The molecule has 1 heterocycles. The van der Waals surface area contributed by atoms with E-state index in [9.17, 15) is 13.6 Å². The van der Waals surface area contributed by atoms with E-state index in [4.69, 9.17) is 10.5 Å². The first-order valence-corrected chi connectivity index (χ1v) is 6.60. The van der Waals surface area contributed by atoms with Crippen LogP contribution >= 0.6 is 0 Å². The van der Waals surface area contributed by atoms with E-state index in [0.717, 1.165) is 12.8 Å². The molecule has 0 aromatic heterocycles. The van der Waals surface area contributed by atoms with Crippen LogP contribution in [0.15, 0.2) is 24.3 Å². The summed E-state index contributed by atoms with van der Waals surface area (Å²) in [6.45, 7) is 1.20. The maximum Gasteiger partial charge on any atom is 0.263 e. The molecule has 0 spiro atoms. The predicted octanol–water partition coefficient (Wildman–Crippen LogP) is 1.92. The summed E-state index contributed by atoms with van der Waals surface area (Å²) in [6.07, 6.45) is -0.596. The van der Waals surface area contributed by atoms with Gasteiger partial charge < -0.3 is 10.5 Å². The minimum Gasteiger partial charge on any atom is -0.377 e. The number of nitrogens with two attached hydrogens (primary N) is 1. The molecule has 3 N–H and O–H groups in total. The van der Waals surface area contributed by atoms with Gasteiger partial charge in [-0.1, -0.05) is 18.2 Å². The second kappa shape index (κ2) is 6.76. The minimum atomic E-state index is -2.57. The van der Waals surface area contributed by atoms with Gasteiger partial charge in [0.05, 0.1) is 6.10 Å². The van der Waals surface area contributed by atoms with Crippen LogP contribution in [0.5, 0.6) is 0 Å². The summed E-state index contributed by atoms with van der Waals surface area (Å²) in [5.74, 6) is -0.589. The summed E-state index contributed by atoms with van der Waals surface area (Å²) >= 11 is 0. The van der Waals surface area contributed by atoms with Crippen LogP contribution in [-0.4, -0.2) is 25.2 Å². The van der Waals surface area contributed by atoms with Crippen LogP contribution in [0, 0.1) is 0 Å². The molecule has 0 saturated carbocycles. The number of carbonyl (C=O) groups excluding carboxylic acids is 1. The fourth-order valence-corrected chi connectivity index (χ4v) is 2.31. The molecule has 0 aliphatic carbocycles. The van der Waals surface area contributed by atoms with Crippen LogP contribution in [0.1, 0.15) is 36.4 Å². The Morgan fingerprint density at radius 3 is 2.80 bits per heavy atom. The number of ether oxygens (including phenoxy) is 1. The maximum atomic E-state index is 12.7. The fraction of sp³-hybridized carbons (Fsp3) is 0.500. The van der Waals surface area contributed by atoms with Gasteiger partial charge in [-0.25, -0.2) is 8.78 Å². The molecule has 1 amide bonds. The van der Waals surface area contributed by atoms with E-state index in [0.29, 0.717) is 18.7 Å². The third-order valence-corrected chi connectivity index (χ3v) is 3.35. The first-order valence-electron chi connectivity index (χ1n) is 6.60. The molecule has 1 aromatic carbocycles. The largest absolute Gasteiger partial charge is 0.377 e. The molecular formula is C14H18F2N2O2. The summed E-state index contributed by atoms with van der Waals surface area (Å²) in [7, 11) is 0. The van der Waals surface area contributed by atoms with E-state index in [2.05, 4.69) is 5.32 Å². The van der Waals surface area contributed by atoms with Crippen molar-refractivity contribution in [3.63, 3.8) is 0 Å². The molecule has 20 heavy (non-hydrogen) atoms. The van der Waals surface area contributed by atoms with Gasteiger partial charge in [0.25, 0.3) is 6.43 Å². The fourth-order valence-electron chi connectivity index (χ4n) is 2.31. The van der Waals surface area contributed by atoms with Crippen LogP contribution in [-0.2, 0) is 9.53 Å². The average Bonchev–Trinajstić information content (AvgIpc) is 2.92. The Hall–Kier alpha value is -1.53. The Bertz CT molecular complexity index is 462. The minimum absolute atomic E-state index is 0.0510. The highest BCUT2D eigenvalue weighted by Gasteiger charge is 2.22. The number of rotatable bonds is 6. The van der Waals surface area contributed by atoms with Crippen molar-refractivity contribution < 1.29 is 18.3 Å². The third kappa shape index (κ3) is 3.74. The number of benzene rings is 1. The van der Waals surface area contributed by atoms with E-state index < -0.39 is 18.4 Å². The van der Waals surface area contributed by atoms with Crippen LogP contribution in [0.2, 0.25) is 0 Å². The first kappa shape index (κ1) is 14.9. The van der Waals surface area contributed by atoms with Gasteiger partial charge >= 0.3 is 0 Å². The molecule has 6 heteroatoms. The Morgan fingerprint density at radius 1 is 1.45 bits per heavy atom. The molecule has 2 rings (SSSR count). The zero-order chi connectivity index (χ0) is 14.5. The number of nitrogens with one attached hydrogen (secondary N) is 1. The molecule has 110 valence electrons. The highest BCUT2D eigenvalue weighted by Crippen LogP contribution is 2.23. The highest BCUT2D eigenvalue weighted by molar-refractivity contribution is 5.81. The maximum absolute atomic E-state index is 12.7. The second-order valence-corrected chi connectivity index (χ2v) is 4.85. The summed E-state index contributed by atoms with van der Waals surface area (Å²) in [5.41, 5.74) is 5.68. The van der Waals surface area contributed by atoms with E-state index in [1.165, 1.54) is 18.2 Å². The number of hydrogen-bond donors (Lipinski definition) is 2. The standard InChI is InChI=1S/C14H18F2N2O2/c15-13(16)10-4-1-3-9(7-10)12(14(17)19)18-8-11-5-2-6-20-11/h1,3-4,7,11-13,18H,2,5-6,8H2,(H2,17,19). The second-order valence-electron chi connectivity index (χ2n) is 4.85. The summed E-state index contributed by atoms with van der Waals surface area (Å²) in [4.78, 5) is 11.5. The van der Waals surface area contributed by atoms with Gasteiger partial charge in [-0.15, -0.1) is 0 Å². The summed E-state index contributed by atoms with van der Waals surface area (Å²) in [6, 6.07) is 4.97. The molecule has 1 fully saturated rings. The molecular weight excluding hydrogens is 266 g/mol. The molecule has 1 aromatic rings. The molecule has 1 aliphatic heterocycles. The number of carbonyl (C=O) groups is 1. The number of halogens is 2. The number of amides is 1. The molecule has 0 bridgehead atoms. The number of alkyl halides is 2. The molecule has 1 saturated heterocycles. The number of primary amides is 1. The smallest absolute Gasteiger partial charge is 0.263 e. The van der Waals surface area contributed by atoms with Crippen LogP contribution in [0.25, 0.3) is 0 Å². The molecule has 1 aliphatic rings. The first-order chi connectivity index (χ1) is 9.58. The zero-order valence-electron chi connectivity index (χ0n) is 11.0. The van der Waals surface area contributed by atoms with Gasteiger partial charge in [-0.3, -0.25) is 10.1 Å². The van der Waals surface area contributed by atoms with Gasteiger partial charge in [0.15, 0.2) is 0 Å².